The van der Waals surface area contributed by atoms with E-state index in [1.165, 1.54) is 42.7 Å². The molecule has 0 amide bonds. The van der Waals surface area contributed by atoms with Crippen molar-refractivity contribution in [2.45, 2.75) is 47.1 Å². The van der Waals surface area contributed by atoms with E-state index in [4.69, 9.17) is 0 Å². The van der Waals surface area contributed by atoms with Crippen LogP contribution < -0.4 is 10.2 Å². The van der Waals surface area contributed by atoms with Gasteiger partial charge in [-0.1, -0.05) is 44.9 Å². The largest absolute Gasteiger partial charge is 0.371 e. The number of nitrogens with zero attached hydrogens (tertiary/aromatic N) is 1. The van der Waals surface area contributed by atoms with Gasteiger partial charge in [-0.25, -0.2) is 0 Å². The van der Waals surface area contributed by atoms with Gasteiger partial charge >= 0.3 is 0 Å². The van der Waals surface area contributed by atoms with Crippen molar-refractivity contribution in [2.24, 2.45) is 11.8 Å². The van der Waals surface area contributed by atoms with Gasteiger partial charge in [-0.3, -0.25) is 0 Å². The van der Waals surface area contributed by atoms with E-state index in [0.29, 0.717) is 5.92 Å². The summed E-state index contributed by atoms with van der Waals surface area (Å²) in [5.74, 6) is 1.59. The topological polar surface area (TPSA) is 15.3 Å². The summed E-state index contributed by atoms with van der Waals surface area (Å²) in [6.07, 6.45) is 2.66. The lowest BCUT2D eigenvalue weighted by atomic mass is 10.1. The van der Waals surface area contributed by atoms with Crippen LogP contribution in [0.1, 0.15) is 44.7 Å². The van der Waals surface area contributed by atoms with Gasteiger partial charge in [0.2, 0.25) is 0 Å². The summed E-state index contributed by atoms with van der Waals surface area (Å²) in [4.78, 5) is 2.58. The molecule has 1 saturated heterocycles. The lowest BCUT2D eigenvalue weighted by Crippen LogP contribution is -2.24. The van der Waals surface area contributed by atoms with Crippen molar-refractivity contribution in [3.63, 3.8) is 0 Å². The number of rotatable bonds is 6. The first-order valence-electron chi connectivity index (χ1n) is 8.15. The quantitative estimate of drug-likeness (QED) is 0.844. The van der Waals surface area contributed by atoms with Crippen molar-refractivity contribution in [3.05, 3.63) is 29.3 Å². The lowest BCUT2D eigenvalue weighted by Gasteiger charge is -2.23. The minimum Gasteiger partial charge on any atom is -0.371 e. The van der Waals surface area contributed by atoms with Gasteiger partial charge in [-0.2, -0.15) is 0 Å². The molecule has 1 heterocycles. The number of benzene rings is 1. The number of hydrogen-bond donors (Lipinski definition) is 1. The molecule has 1 N–H and O–H groups in total. The summed E-state index contributed by atoms with van der Waals surface area (Å²) in [5.41, 5.74) is 4.27. The van der Waals surface area contributed by atoms with Gasteiger partial charge in [0.15, 0.2) is 0 Å². The van der Waals surface area contributed by atoms with Crippen LogP contribution in [0.2, 0.25) is 0 Å². The highest BCUT2D eigenvalue weighted by molar-refractivity contribution is 5.55. The highest BCUT2D eigenvalue weighted by Crippen LogP contribution is 2.29. The predicted octanol–water partition coefficient (Wildman–Crippen LogP) is 3.98. The molecule has 0 bridgehead atoms. The van der Waals surface area contributed by atoms with E-state index in [9.17, 15) is 0 Å². The van der Waals surface area contributed by atoms with Crippen LogP contribution in [0.5, 0.6) is 0 Å². The molecule has 20 heavy (non-hydrogen) atoms. The molecule has 1 unspecified atom stereocenters. The van der Waals surface area contributed by atoms with Gasteiger partial charge in [-0.15, -0.1) is 0 Å². The zero-order chi connectivity index (χ0) is 14.5. The fourth-order valence-electron chi connectivity index (χ4n) is 3.04. The number of nitrogens with one attached hydrogen (secondary N) is 1. The van der Waals surface area contributed by atoms with Gasteiger partial charge in [0.05, 0.1) is 0 Å². The monoisotopic (exact) mass is 274 g/mol. The zero-order valence-corrected chi connectivity index (χ0v) is 13.6. The maximum Gasteiger partial charge on any atom is 0.0412 e. The molecule has 1 aliphatic heterocycles. The molecule has 0 aromatic heterocycles. The third-order valence-corrected chi connectivity index (χ3v) is 4.31. The fourth-order valence-corrected chi connectivity index (χ4v) is 3.04. The normalized spacial score (nSPS) is 19.1. The minimum atomic E-state index is 0.708. The van der Waals surface area contributed by atoms with Crippen molar-refractivity contribution in [1.29, 1.82) is 0 Å². The summed E-state index contributed by atoms with van der Waals surface area (Å²) < 4.78 is 0. The summed E-state index contributed by atoms with van der Waals surface area (Å²) in [6, 6.07) is 6.92. The summed E-state index contributed by atoms with van der Waals surface area (Å²) in [6.45, 7) is 13.6. The second kappa shape index (κ2) is 7.12. The zero-order valence-electron chi connectivity index (χ0n) is 13.6. The van der Waals surface area contributed by atoms with E-state index in [2.05, 4.69) is 56.1 Å². The number of anilines is 1. The average Bonchev–Trinajstić information content (AvgIpc) is 2.87. The van der Waals surface area contributed by atoms with E-state index in [1.54, 1.807) is 0 Å². The van der Waals surface area contributed by atoms with E-state index >= 15 is 0 Å². The van der Waals surface area contributed by atoms with Crippen LogP contribution in [0.3, 0.4) is 0 Å². The smallest absolute Gasteiger partial charge is 0.0412 e. The molecule has 2 heteroatoms. The van der Waals surface area contributed by atoms with Crippen molar-refractivity contribution in [3.8, 4) is 0 Å². The third-order valence-electron chi connectivity index (χ3n) is 4.31. The Kier molecular flexibility index (Phi) is 5.47. The maximum atomic E-state index is 3.59. The molecular formula is C18H30N2. The van der Waals surface area contributed by atoms with Crippen LogP contribution in [-0.2, 0) is 6.54 Å². The van der Waals surface area contributed by atoms with E-state index in [0.717, 1.165) is 19.0 Å². The SMILES string of the molecule is CCC1CCN(c2ccc(C)cc2CNCC(C)C)C1. The Balaban J connectivity index is 2.07. The van der Waals surface area contributed by atoms with Crippen LogP contribution in [0, 0.1) is 18.8 Å². The summed E-state index contributed by atoms with van der Waals surface area (Å²) in [7, 11) is 0. The first-order chi connectivity index (χ1) is 9.60. The Morgan fingerprint density at radius 2 is 2.15 bits per heavy atom. The van der Waals surface area contributed by atoms with Crippen molar-refractivity contribution < 1.29 is 0 Å². The molecule has 1 aromatic carbocycles. The molecule has 0 radical (unpaired) electrons. The molecule has 1 aromatic rings. The molecule has 0 spiro atoms. The molecule has 1 fully saturated rings. The number of aryl methyl sites for hydroxylation is 1. The van der Waals surface area contributed by atoms with Crippen LogP contribution in [0.25, 0.3) is 0 Å². The second-order valence-corrected chi connectivity index (χ2v) is 6.67. The van der Waals surface area contributed by atoms with Crippen LogP contribution >= 0.6 is 0 Å². The number of hydrogen-bond acceptors (Lipinski definition) is 2. The van der Waals surface area contributed by atoms with Crippen LogP contribution in [-0.4, -0.2) is 19.6 Å². The molecule has 1 aliphatic rings. The van der Waals surface area contributed by atoms with Gasteiger partial charge in [0.25, 0.3) is 0 Å². The van der Waals surface area contributed by atoms with Gasteiger partial charge in [0, 0.05) is 25.3 Å². The third kappa shape index (κ3) is 3.99. The summed E-state index contributed by atoms with van der Waals surface area (Å²) in [5, 5.41) is 3.59. The molecule has 2 nitrogen and oxygen atoms in total. The highest BCUT2D eigenvalue weighted by Gasteiger charge is 2.22. The van der Waals surface area contributed by atoms with Crippen LogP contribution in [0.4, 0.5) is 5.69 Å². The maximum absolute atomic E-state index is 3.59. The van der Waals surface area contributed by atoms with E-state index in [1.807, 2.05) is 0 Å². The van der Waals surface area contributed by atoms with Crippen LogP contribution in [0.15, 0.2) is 18.2 Å². The van der Waals surface area contributed by atoms with Crippen molar-refractivity contribution >= 4 is 5.69 Å². The predicted molar refractivity (Wildman–Crippen MR) is 88.3 cm³/mol. The Hall–Kier alpha value is -1.02. The van der Waals surface area contributed by atoms with Crippen molar-refractivity contribution in [2.75, 3.05) is 24.5 Å². The molecule has 1 atom stereocenters. The first-order valence-corrected chi connectivity index (χ1v) is 8.15. The highest BCUT2D eigenvalue weighted by atomic mass is 15.2. The van der Waals surface area contributed by atoms with Gasteiger partial charge < -0.3 is 10.2 Å². The second-order valence-electron chi connectivity index (χ2n) is 6.67. The Morgan fingerprint density at radius 1 is 1.35 bits per heavy atom. The first kappa shape index (κ1) is 15.4. The lowest BCUT2D eigenvalue weighted by molar-refractivity contribution is 0.551. The fraction of sp³-hybridized carbons (Fsp3) is 0.667. The van der Waals surface area contributed by atoms with E-state index in [-0.39, 0.29) is 0 Å². The molecule has 2 rings (SSSR count). The Bertz CT molecular complexity index is 425. The molecule has 0 aliphatic carbocycles. The Labute approximate surface area is 124 Å². The van der Waals surface area contributed by atoms with Gasteiger partial charge in [-0.05, 0) is 43.4 Å². The Morgan fingerprint density at radius 3 is 2.80 bits per heavy atom. The average molecular weight is 274 g/mol. The van der Waals surface area contributed by atoms with Gasteiger partial charge in [0.1, 0.15) is 0 Å². The minimum absolute atomic E-state index is 0.708. The summed E-state index contributed by atoms with van der Waals surface area (Å²) >= 11 is 0. The van der Waals surface area contributed by atoms with E-state index < -0.39 is 0 Å². The standard InChI is InChI=1S/C18H30N2/c1-5-16-8-9-20(13-16)18-7-6-15(4)10-17(18)12-19-11-14(2)3/h6-7,10,14,16,19H,5,8-9,11-13H2,1-4H3. The van der Waals surface area contributed by atoms with Crippen molar-refractivity contribution in [1.82, 2.24) is 5.32 Å². The molecule has 112 valence electrons. The molecular weight excluding hydrogens is 244 g/mol. The molecule has 0 saturated carbocycles.